The summed E-state index contributed by atoms with van der Waals surface area (Å²) in [7, 11) is 1.75. The first-order valence-corrected chi connectivity index (χ1v) is 7.22. The molecule has 1 aliphatic rings. The van der Waals surface area contributed by atoms with Gasteiger partial charge in [0.25, 0.3) is 0 Å². The minimum absolute atomic E-state index is 0.0136. The Morgan fingerprint density at radius 3 is 3.00 bits per heavy atom. The summed E-state index contributed by atoms with van der Waals surface area (Å²) >= 11 is 0. The highest BCUT2D eigenvalue weighted by Gasteiger charge is 2.23. The smallest absolute Gasteiger partial charge is 0.248 e. The van der Waals surface area contributed by atoms with Gasteiger partial charge in [-0.1, -0.05) is 29.8 Å². The van der Waals surface area contributed by atoms with Crippen molar-refractivity contribution in [1.29, 1.82) is 0 Å². The van der Waals surface area contributed by atoms with E-state index >= 15 is 0 Å². The second kappa shape index (κ2) is 7.22. The standard InChI is InChI=1S/C16H22N2O3/c1-12-4-3-5-13(8-12)6-7-15(19)17-9-14-10-18(2)16(20)11-21-14/h3-5,8,14H,6-7,9-11H2,1-2H3,(H,17,19). The predicted octanol–water partition coefficient (Wildman–Crippen LogP) is 0.901. The van der Waals surface area contributed by atoms with Gasteiger partial charge >= 0.3 is 0 Å². The lowest BCUT2D eigenvalue weighted by atomic mass is 10.1. The third kappa shape index (κ3) is 4.86. The molecule has 5 nitrogen and oxygen atoms in total. The number of morpholine rings is 1. The highest BCUT2D eigenvalue weighted by Crippen LogP contribution is 2.07. The van der Waals surface area contributed by atoms with Crippen LogP contribution in [0.15, 0.2) is 24.3 Å². The lowest BCUT2D eigenvalue weighted by Crippen LogP contribution is -2.48. The number of hydrogen-bond acceptors (Lipinski definition) is 3. The fourth-order valence-corrected chi connectivity index (χ4v) is 2.32. The van der Waals surface area contributed by atoms with Gasteiger partial charge in [0.1, 0.15) is 6.61 Å². The number of carbonyl (C=O) groups is 2. The predicted molar refractivity (Wildman–Crippen MR) is 79.9 cm³/mol. The maximum atomic E-state index is 11.8. The van der Waals surface area contributed by atoms with Crippen molar-refractivity contribution in [2.45, 2.75) is 25.9 Å². The molecule has 1 N–H and O–H groups in total. The van der Waals surface area contributed by atoms with Gasteiger partial charge in [-0.3, -0.25) is 9.59 Å². The molecule has 5 heteroatoms. The van der Waals surface area contributed by atoms with Crippen LogP contribution in [0.5, 0.6) is 0 Å². The highest BCUT2D eigenvalue weighted by molar-refractivity contribution is 5.78. The number of rotatable bonds is 5. The Balaban J connectivity index is 1.69. The van der Waals surface area contributed by atoms with Gasteiger partial charge in [0.2, 0.25) is 11.8 Å². The molecular weight excluding hydrogens is 268 g/mol. The molecule has 1 heterocycles. The van der Waals surface area contributed by atoms with Crippen LogP contribution in [0.3, 0.4) is 0 Å². The van der Waals surface area contributed by atoms with Crippen molar-refractivity contribution < 1.29 is 14.3 Å². The van der Waals surface area contributed by atoms with Crippen LogP contribution in [-0.2, 0) is 20.7 Å². The number of ether oxygens (including phenoxy) is 1. The number of nitrogens with one attached hydrogen (secondary N) is 1. The van der Waals surface area contributed by atoms with Crippen LogP contribution in [-0.4, -0.2) is 49.6 Å². The van der Waals surface area contributed by atoms with Gasteiger partial charge in [-0.2, -0.15) is 0 Å². The lowest BCUT2D eigenvalue weighted by molar-refractivity contribution is -0.146. The van der Waals surface area contributed by atoms with E-state index in [4.69, 9.17) is 4.74 Å². The molecule has 1 aromatic carbocycles. The molecule has 2 rings (SSSR count). The van der Waals surface area contributed by atoms with Crippen LogP contribution in [0.4, 0.5) is 0 Å². The zero-order valence-electron chi connectivity index (χ0n) is 12.6. The number of likely N-dealkylation sites (N-methyl/N-ethyl adjacent to an activating group) is 1. The minimum atomic E-state index is -0.115. The van der Waals surface area contributed by atoms with E-state index in [-0.39, 0.29) is 24.5 Å². The van der Waals surface area contributed by atoms with Crippen molar-refractivity contribution in [3.8, 4) is 0 Å². The number of carbonyl (C=O) groups excluding carboxylic acids is 2. The van der Waals surface area contributed by atoms with Crippen molar-refractivity contribution in [3.05, 3.63) is 35.4 Å². The highest BCUT2D eigenvalue weighted by atomic mass is 16.5. The van der Waals surface area contributed by atoms with Crippen LogP contribution in [0.1, 0.15) is 17.5 Å². The number of hydrogen-bond donors (Lipinski definition) is 1. The maximum Gasteiger partial charge on any atom is 0.248 e. The van der Waals surface area contributed by atoms with E-state index in [0.29, 0.717) is 19.5 Å². The topological polar surface area (TPSA) is 58.6 Å². The van der Waals surface area contributed by atoms with Gasteiger partial charge in [-0.25, -0.2) is 0 Å². The van der Waals surface area contributed by atoms with Crippen molar-refractivity contribution >= 4 is 11.8 Å². The second-order valence-corrected chi connectivity index (χ2v) is 5.50. The molecular formula is C16H22N2O3. The summed E-state index contributed by atoms with van der Waals surface area (Å²) in [5, 5.41) is 2.87. The van der Waals surface area contributed by atoms with Crippen LogP contribution in [0, 0.1) is 6.92 Å². The summed E-state index contributed by atoms with van der Waals surface area (Å²) in [5.41, 5.74) is 2.38. The van der Waals surface area contributed by atoms with Crippen molar-refractivity contribution in [2.24, 2.45) is 0 Å². The third-order valence-electron chi connectivity index (χ3n) is 3.60. The molecule has 0 radical (unpaired) electrons. The average molecular weight is 290 g/mol. The Morgan fingerprint density at radius 1 is 1.48 bits per heavy atom. The van der Waals surface area contributed by atoms with Crippen LogP contribution in [0.2, 0.25) is 0 Å². The lowest BCUT2D eigenvalue weighted by Gasteiger charge is -2.29. The fraction of sp³-hybridized carbons (Fsp3) is 0.500. The first kappa shape index (κ1) is 15.5. The van der Waals surface area contributed by atoms with E-state index in [1.165, 1.54) is 11.1 Å². The van der Waals surface area contributed by atoms with E-state index in [9.17, 15) is 9.59 Å². The van der Waals surface area contributed by atoms with E-state index in [2.05, 4.69) is 11.4 Å². The molecule has 1 atom stereocenters. The largest absolute Gasteiger partial charge is 0.365 e. The molecule has 1 saturated heterocycles. The molecule has 0 bridgehead atoms. The first-order valence-electron chi connectivity index (χ1n) is 7.22. The Bertz CT molecular complexity index is 516. The summed E-state index contributed by atoms with van der Waals surface area (Å²) in [5.74, 6) is -0.00307. The number of benzene rings is 1. The monoisotopic (exact) mass is 290 g/mol. The summed E-state index contributed by atoms with van der Waals surface area (Å²) in [6.07, 6.45) is 1.08. The third-order valence-corrected chi connectivity index (χ3v) is 3.60. The molecule has 0 aromatic heterocycles. The Hall–Kier alpha value is -1.88. The molecule has 0 spiro atoms. The molecule has 21 heavy (non-hydrogen) atoms. The van der Waals surface area contributed by atoms with Crippen molar-refractivity contribution in [3.63, 3.8) is 0 Å². The maximum absolute atomic E-state index is 11.8. The molecule has 2 amide bonds. The van der Waals surface area contributed by atoms with Crippen LogP contribution >= 0.6 is 0 Å². The molecule has 114 valence electrons. The zero-order chi connectivity index (χ0) is 15.2. The average Bonchev–Trinajstić information content (AvgIpc) is 2.46. The molecule has 1 unspecified atom stereocenters. The second-order valence-electron chi connectivity index (χ2n) is 5.50. The minimum Gasteiger partial charge on any atom is -0.365 e. The Labute approximate surface area is 125 Å². The van der Waals surface area contributed by atoms with Crippen LogP contribution < -0.4 is 5.32 Å². The zero-order valence-corrected chi connectivity index (χ0v) is 12.6. The Morgan fingerprint density at radius 2 is 2.29 bits per heavy atom. The van der Waals surface area contributed by atoms with E-state index in [1.807, 2.05) is 25.1 Å². The molecule has 1 aliphatic heterocycles. The Kier molecular flexibility index (Phi) is 5.33. The van der Waals surface area contributed by atoms with E-state index in [1.54, 1.807) is 11.9 Å². The molecule has 1 aromatic rings. The number of amides is 2. The summed E-state index contributed by atoms with van der Waals surface area (Å²) in [6, 6.07) is 8.18. The van der Waals surface area contributed by atoms with Gasteiger partial charge in [0.15, 0.2) is 0 Å². The van der Waals surface area contributed by atoms with Gasteiger partial charge < -0.3 is 15.0 Å². The molecule has 0 aliphatic carbocycles. The summed E-state index contributed by atoms with van der Waals surface area (Å²) < 4.78 is 5.38. The summed E-state index contributed by atoms with van der Waals surface area (Å²) in [6.45, 7) is 3.11. The summed E-state index contributed by atoms with van der Waals surface area (Å²) in [4.78, 5) is 24.8. The SMILES string of the molecule is Cc1cccc(CCC(=O)NCC2CN(C)C(=O)CO2)c1. The van der Waals surface area contributed by atoms with Gasteiger partial charge in [0.05, 0.1) is 6.10 Å². The molecule has 1 fully saturated rings. The number of nitrogens with zero attached hydrogens (tertiary/aromatic N) is 1. The number of aryl methyl sites for hydroxylation is 2. The quantitative estimate of drug-likeness (QED) is 0.876. The fourth-order valence-electron chi connectivity index (χ4n) is 2.32. The van der Waals surface area contributed by atoms with E-state index in [0.717, 1.165) is 6.42 Å². The first-order chi connectivity index (χ1) is 10.0. The van der Waals surface area contributed by atoms with Gasteiger partial charge in [0, 0.05) is 26.6 Å². The molecule has 0 saturated carbocycles. The van der Waals surface area contributed by atoms with E-state index < -0.39 is 0 Å². The van der Waals surface area contributed by atoms with Crippen molar-refractivity contribution in [1.82, 2.24) is 10.2 Å². The van der Waals surface area contributed by atoms with Crippen LogP contribution in [0.25, 0.3) is 0 Å². The van der Waals surface area contributed by atoms with Gasteiger partial charge in [-0.15, -0.1) is 0 Å². The van der Waals surface area contributed by atoms with Gasteiger partial charge in [-0.05, 0) is 18.9 Å². The van der Waals surface area contributed by atoms with Crippen molar-refractivity contribution in [2.75, 3.05) is 26.7 Å². The normalized spacial score (nSPS) is 18.7.